The molecule has 0 heterocycles. The fourth-order valence-corrected chi connectivity index (χ4v) is 1.43. The summed E-state index contributed by atoms with van der Waals surface area (Å²) < 4.78 is 5.63. The molecule has 0 bridgehead atoms. The first-order valence-corrected chi connectivity index (χ1v) is 4.63. The molecule has 0 fully saturated rings. The van der Waals surface area contributed by atoms with E-state index >= 15 is 0 Å². The molecular formula is C10H22O2. The lowest BCUT2D eigenvalue weighted by molar-refractivity contribution is -0.128. The summed E-state index contributed by atoms with van der Waals surface area (Å²) in [4.78, 5) is 0. The second kappa shape index (κ2) is 4.24. The largest absolute Gasteiger partial charge is 0.388 e. The Balaban J connectivity index is 4.25. The van der Waals surface area contributed by atoms with Crippen LogP contribution in [0.1, 0.15) is 41.5 Å². The molecule has 2 heteroatoms. The number of hydrogen-bond acceptors (Lipinski definition) is 2. The van der Waals surface area contributed by atoms with Gasteiger partial charge < -0.3 is 9.84 Å². The van der Waals surface area contributed by atoms with Gasteiger partial charge in [-0.25, -0.2) is 0 Å². The van der Waals surface area contributed by atoms with E-state index in [4.69, 9.17) is 4.74 Å². The van der Waals surface area contributed by atoms with Crippen LogP contribution < -0.4 is 0 Å². The summed E-state index contributed by atoms with van der Waals surface area (Å²) in [6, 6.07) is 0. The van der Waals surface area contributed by atoms with Gasteiger partial charge in [-0.1, -0.05) is 13.8 Å². The molecule has 0 aromatic carbocycles. The molecule has 1 atom stereocenters. The van der Waals surface area contributed by atoms with Crippen LogP contribution in [0.3, 0.4) is 0 Å². The van der Waals surface area contributed by atoms with Crippen molar-refractivity contribution < 1.29 is 9.84 Å². The van der Waals surface area contributed by atoms with Crippen LogP contribution in [0.5, 0.6) is 0 Å². The van der Waals surface area contributed by atoms with Crippen molar-refractivity contribution in [3.8, 4) is 0 Å². The lowest BCUT2D eigenvalue weighted by Crippen LogP contribution is -2.43. The van der Waals surface area contributed by atoms with E-state index in [0.717, 1.165) is 0 Å². The molecule has 0 radical (unpaired) electrons. The minimum absolute atomic E-state index is 0.0856. The average Bonchev–Trinajstić information content (AvgIpc) is 1.79. The van der Waals surface area contributed by atoms with Gasteiger partial charge in [0.25, 0.3) is 0 Å². The number of aliphatic hydroxyl groups is 1. The molecular weight excluding hydrogens is 152 g/mol. The van der Waals surface area contributed by atoms with E-state index in [1.165, 1.54) is 0 Å². The molecule has 0 aliphatic rings. The van der Waals surface area contributed by atoms with Crippen LogP contribution in [0, 0.1) is 5.92 Å². The van der Waals surface area contributed by atoms with Gasteiger partial charge in [0.05, 0.1) is 17.8 Å². The SMILES string of the molecule is CC(C)OC(C(C)C)C(C)(C)O. The maximum Gasteiger partial charge on any atom is 0.0882 e. The molecule has 12 heavy (non-hydrogen) atoms. The molecule has 0 saturated heterocycles. The molecule has 1 N–H and O–H groups in total. The summed E-state index contributed by atoms with van der Waals surface area (Å²) >= 11 is 0. The number of rotatable bonds is 4. The van der Waals surface area contributed by atoms with Crippen molar-refractivity contribution in [1.82, 2.24) is 0 Å². The quantitative estimate of drug-likeness (QED) is 0.708. The van der Waals surface area contributed by atoms with Crippen molar-refractivity contribution in [2.24, 2.45) is 5.92 Å². The first kappa shape index (κ1) is 11.9. The molecule has 0 rings (SSSR count). The van der Waals surface area contributed by atoms with Crippen LogP contribution >= 0.6 is 0 Å². The third kappa shape index (κ3) is 4.07. The summed E-state index contributed by atoms with van der Waals surface area (Å²) in [5, 5.41) is 9.77. The topological polar surface area (TPSA) is 29.5 Å². The zero-order valence-corrected chi connectivity index (χ0v) is 9.09. The van der Waals surface area contributed by atoms with Gasteiger partial charge in [0.1, 0.15) is 0 Å². The lowest BCUT2D eigenvalue weighted by Gasteiger charge is -2.33. The molecule has 1 unspecified atom stereocenters. The Bertz CT molecular complexity index is 122. The van der Waals surface area contributed by atoms with Gasteiger partial charge in [0, 0.05) is 0 Å². The van der Waals surface area contributed by atoms with E-state index in [9.17, 15) is 5.11 Å². The normalized spacial score (nSPS) is 15.8. The van der Waals surface area contributed by atoms with E-state index < -0.39 is 5.60 Å². The fourth-order valence-electron chi connectivity index (χ4n) is 1.43. The highest BCUT2D eigenvalue weighted by Crippen LogP contribution is 2.21. The maximum absolute atomic E-state index is 9.77. The molecule has 0 aromatic heterocycles. The van der Waals surface area contributed by atoms with Crippen LogP contribution in [0.25, 0.3) is 0 Å². The van der Waals surface area contributed by atoms with Crippen molar-refractivity contribution in [2.45, 2.75) is 59.4 Å². The Kier molecular flexibility index (Phi) is 4.21. The third-order valence-corrected chi connectivity index (χ3v) is 1.72. The molecule has 0 aliphatic carbocycles. The minimum atomic E-state index is -0.752. The molecule has 0 saturated carbocycles. The van der Waals surface area contributed by atoms with Crippen molar-refractivity contribution in [2.75, 3.05) is 0 Å². The zero-order chi connectivity index (χ0) is 9.94. The van der Waals surface area contributed by atoms with Crippen LogP contribution in [0.15, 0.2) is 0 Å². The van der Waals surface area contributed by atoms with Gasteiger partial charge >= 0.3 is 0 Å². The second-order valence-electron chi connectivity index (χ2n) is 4.50. The highest BCUT2D eigenvalue weighted by atomic mass is 16.5. The average molecular weight is 174 g/mol. The Morgan fingerprint density at radius 2 is 1.50 bits per heavy atom. The van der Waals surface area contributed by atoms with E-state index in [1.54, 1.807) is 13.8 Å². The molecule has 0 aliphatic heterocycles. The molecule has 0 aromatic rings. The maximum atomic E-state index is 9.77. The predicted octanol–water partition coefficient (Wildman–Crippen LogP) is 2.21. The van der Waals surface area contributed by atoms with E-state index in [0.29, 0.717) is 5.92 Å². The number of ether oxygens (including phenoxy) is 1. The smallest absolute Gasteiger partial charge is 0.0882 e. The van der Waals surface area contributed by atoms with Crippen molar-refractivity contribution in [3.05, 3.63) is 0 Å². The highest BCUT2D eigenvalue weighted by molar-refractivity contribution is 4.81. The summed E-state index contributed by atoms with van der Waals surface area (Å²) in [6.45, 7) is 11.7. The van der Waals surface area contributed by atoms with Gasteiger partial charge in [0.2, 0.25) is 0 Å². The van der Waals surface area contributed by atoms with Gasteiger partial charge in [-0.2, -0.15) is 0 Å². The third-order valence-electron chi connectivity index (χ3n) is 1.72. The van der Waals surface area contributed by atoms with Crippen LogP contribution in [-0.2, 0) is 4.74 Å². The predicted molar refractivity (Wildman–Crippen MR) is 51.1 cm³/mol. The summed E-state index contributed by atoms with van der Waals surface area (Å²) in [5.74, 6) is 0.340. The van der Waals surface area contributed by atoms with Gasteiger partial charge in [-0.15, -0.1) is 0 Å². The van der Waals surface area contributed by atoms with Gasteiger partial charge in [-0.3, -0.25) is 0 Å². The Morgan fingerprint density at radius 3 is 1.58 bits per heavy atom. The zero-order valence-electron chi connectivity index (χ0n) is 9.09. The summed E-state index contributed by atoms with van der Waals surface area (Å²) in [5.41, 5.74) is -0.752. The lowest BCUT2D eigenvalue weighted by atomic mass is 9.92. The summed E-state index contributed by atoms with van der Waals surface area (Å²) in [6.07, 6.45) is 0.0846. The van der Waals surface area contributed by atoms with Crippen molar-refractivity contribution in [3.63, 3.8) is 0 Å². The second-order valence-corrected chi connectivity index (χ2v) is 4.50. The Hall–Kier alpha value is -0.0800. The van der Waals surface area contributed by atoms with E-state index in [-0.39, 0.29) is 12.2 Å². The van der Waals surface area contributed by atoms with Gasteiger partial charge in [-0.05, 0) is 33.6 Å². The summed E-state index contributed by atoms with van der Waals surface area (Å²) in [7, 11) is 0. The Labute approximate surface area is 75.9 Å². The molecule has 0 amide bonds. The monoisotopic (exact) mass is 174 g/mol. The van der Waals surface area contributed by atoms with Crippen LogP contribution in [-0.4, -0.2) is 22.9 Å². The number of hydrogen-bond donors (Lipinski definition) is 1. The standard InChI is InChI=1S/C10H22O2/c1-7(2)9(10(5,6)11)12-8(3)4/h7-9,11H,1-6H3. The highest BCUT2D eigenvalue weighted by Gasteiger charge is 2.30. The first-order valence-electron chi connectivity index (χ1n) is 4.63. The van der Waals surface area contributed by atoms with Crippen LogP contribution in [0.2, 0.25) is 0 Å². The first-order chi connectivity index (χ1) is 5.25. The Morgan fingerprint density at radius 1 is 1.08 bits per heavy atom. The van der Waals surface area contributed by atoms with E-state index in [2.05, 4.69) is 13.8 Å². The van der Waals surface area contributed by atoms with E-state index in [1.807, 2.05) is 13.8 Å². The van der Waals surface area contributed by atoms with Crippen LogP contribution in [0.4, 0.5) is 0 Å². The molecule has 0 spiro atoms. The van der Waals surface area contributed by atoms with Crippen molar-refractivity contribution in [1.29, 1.82) is 0 Å². The molecule has 2 nitrogen and oxygen atoms in total. The van der Waals surface area contributed by atoms with Gasteiger partial charge in [0.15, 0.2) is 0 Å². The minimum Gasteiger partial charge on any atom is -0.388 e. The van der Waals surface area contributed by atoms with Crippen molar-refractivity contribution >= 4 is 0 Å². The fraction of sp³-hybridized carbons (Fsp3) is 1.00. The molecule has 74 valence electrons.